The summed E-state index contributed by atoms with van der Waals surface area (Å²) in [5.41, 5.74) is 0. The van der Waals surface area contributed by atoms with Crippen molar-refractivity contribution in [2.45, 2.75) is 50.7 Å². The van der Waals surface area contributed by atoms with Crippen molar-refractivity contribution < 1.29 is 9.53 Å². The average molecular weight is 265 g/mol. The summed E-state index contributed by atoms with van der Waals surface area (Å²) in [6.07, 6.45) is 7.42. The molecule has 1 unspecified atom stereocenters. The number of hydrogen-bond acceptors (Lipinski definition) is 3. The zero-order valence-electron chi connectivity index (χ0n) is 10.4. The van der Waals surface area contributed by atoms with Gasteiger partial charge >= 0.3 is 6.09 Å². The fourth-order valence-corrected chi connectivity index (χ4v) is 3.95. The maximum Gasteiger partial charge on any atom is 0.408 e. The van der Waals surface area contributed by atoms with E-state index >= 15 is 0 Å². The highest BCUT2D eigenvalue weighted by Gasteiger charge is 2.37. The van der Waals surface area contributed by atoms with E-state index in [4.69, 9.17) is 4.74 Å². The van der Waals surface area contributed by atoms with Crippen molar-refractivity contribution in [3.63, 3.8) is 0 Å². The maximum absolute atomic E-state index is 11.5. The van der Waals surface area contributed by atoms with Gasteiger partial charge in [0.05, 0.1) is 6.04 Å². The monoisotopic (exact) mass is 265 g/mol. The van der Waals surface area contributed by atoms with Crippen LogP contribution >= 0.6 is 11.3 Å². The van der Waals surface area contributed by atoms with Crippen molar-refractivity contribution in [3.8, 4) is 0 Å². The molecule has 0 aromatic carbocycles. The molecule has 4 heteroatoms. The molecule has 98 valence electrons. The number of rotatable bonds is 3. The Morgan fingerprint density at radius 2 is 2.17 bits per heavy atom. The van der Waals surface area contributed by atoms with E-state index < -0.39 is 0 Å². The van der Waals surface area contributed by atoms with Gasteiger partial charge in [-0.2, -0.15) is 0 Å². The van der Waals surface area contributed by atoms with Crippen LogP contribution in [0, 0.1) is 5.92 Å². The Morgan fingerprint density at radius 3 is 2.89 bits per heavy atom. The zero-order valence-corrected chi connectivity index (χ0v) is 11.2. The Bertz CT molecular complexity index is 398. The lowest BCUT2D eigenvalue weighted by Gasteiger charge is -2.25. The lowest BCUT2D eigenvalue weighted by molar-refractivity contribution is 0.128. The maximum atomic E-state index is 11.5. The number of hydrogen-bond donors (Lipinski definition) is 1. The number of nitrogens with one attached hydrogen (secondary N) is 1. The van der Waals surface area contributed by atoms with E-state index in [9.17, 15) is 4.79 Å². The molecule has 1 aromatic heterocycles. The number of carbonyl (C=O) groups excluding carboxylic acids is 1. The molecule has 1 saturated heterocycles. The normalized spacial score (nSPS) is 29.0. The van der Waals surface area contributed by atoms with Gasteiger partial charge < -0.3 is 10.1 Å². The minimum Gasteiger partial charge on any atom is -0.438 e. The average Bonchev–Trinajstić information content (AvgIpc) is 3.00. The van der Waals surface area contributed by atoms with Gasteiger partial charge in [0.15, 0.2) is 6.10 Å². The topological polar surface area (TPSA) is 38.3 Å². The summed E-state index contributed by atoms with van der Waals surface area (Å²) in [6, 6.07) is 4.24. The summed E-state index contributed by atoms with van der Waals surface area (Å²) in [6.45, 7) is 0. The molecular formula is C14H19NO2S. The van der Waals surface area contributed by atoms with E-state index in [0.717, 1.165) is 17.2 Å². The second-order valence-corrected chi connectivity index (χ2v) is 6.31. The molecule has 0 bridgehead atoms. The van der Waals surface area contributed by atoms with Crippen LogP contribution in [0.1, 0.15) is 49.5 Å². The summed E-state index contributed by atoms with van der Waals surface area (Å²) in [7, 11) is 0. The number of carbonyl (C=O) groups is 1. The highest BCUT2D eigenvalue weighted by Crippen LogP contribution is 2.36. The van der Waals surface area contributed by atoms with Crippen LogP contribution in [0.25, 0.3) is 0 Å². The first kappa shape index (κ1) is 12.0. The molecule has 1 aliphatic heterocycles. The Kier molecular flexibility index (Phi) is 3.55. The largest absolute Gasteiger partial charge is 0.438 e. The third kappa shape index (κ3) is 2.53. The molecule has 1 aliphatic carbocycles. The van der Waals surface area contributed by atoms with Crippen molar-refractivity contribution in [2.24, 2.45) is 5.92 Å². The van der Waals surface area contributed by atoms with Crippen LogP contribution in [0.5, 0.6) is 0 Å². The van der Waals surface area contributed by atoms with Crippen LogP contribution in [0.3, 0.4) is 0 Å². The Morgan fingerprint density at radius 1 is 1.33 bits per heavy atom. The fraction of sp³-hybridized carbons (Fsp3) is 0.643. The molecule has 2 fully saturated rings. The molecule has 1 saturated carbocycles. The number of thiophene rings is 1. The summed E-state index contributed by atoms with van der Waals surface area (Å²) in [4.78, 5) is 12.6. The van der Waals surface area contributed by atoms with E-state index in [2.05, 4.69) is 11.4 Å². The highest BCUT2D eigenvalue weighted by atomic mass is 32.1. The zero-order chi connectivity index (χ0) is 12.4. The minimum absolute atomic E-state index is 0.0700. The molecule has 1 amide bonds. The van der Waals surface area contributed by atoms with Gasteiger partial charge in [0.2, 0.25) is 0 Å². The van der Waals surface area contributed by atoms with E-state index in [1.807, 2.05) is 11.4 Å². The summed E-state index contributed by atoms with van der Waals surface area (Å²) in [5.74, 6) is 0.758. The van der Waals surface area contributed by atoms with Gasteiger partial charge in [-0.25, -0.2) is 4.79 Å². The van der Waals surface area contributed by atoms with Crippen molar-refractivity contribution >= 4 is 17.4 Å². The van der Waals surface area contributed by atoms with Crippen LogP contribution in [0.4, 0.5) is 4.79 Å². The Hall–Kier alpha value is -1.03. The van der Waals surface area contributed by atoms with Crippen LogP contribution in [-0.4, -0.2) is 12.1 Å². The quantitative estimate of drug-likeness (QED) is 0.901. The molecule has 3 nitrogen and oxygen atoms in total. The summed E-state index contributed by atoms with van der Waals surface area (Å²) >= 11 is 1.67. The standard InChI is InChI=1S/C14H19NO2S/c16-14-15-11(9-10-5-2-1-3-6-10)13(17-14)12-7-4-8-18-12/h4,7-8,10-11,13H,1-3,5-6,9H2,(H,15,16)/t11-,13?/m0/s1. The predicted octanol–water partition coefficient (Wildman–Crippen LogP) is 3.87. The molecular weight excluding hydrogens is 246 g/mol. The molecule has 1 N–H and O–H groups in total. The van der Waals surface area contributed by atoms with Gasteiger partial charge in [-0.05, 0) is 23.8 Å². The number of amides is 1. The van der Waals surface area contributed by atoms with Crippen molar-refractivity contribution in [1.82, 2.24) is 5.32 Å². The first-order valence-electron chi connectivity index (χ1n) is 6.83. The molecule has 2 atom stereocenters. The number of ether oxygens (including phenoxy) is 1. The van der Waals surface area contributed by atoms with Gasteiger partial charge in [-0.1, -0.05) is 38.2 Å². The van der Waals surface area contributed by atoms with Gasteiger partial charge in [0, 0.05) is 4.88 Å². The lowest BCUT2D eigenvalue weighted by Crippen LogP contribution is -2.30. The molecule has 0 radical (unpaired) electrons. The van der Waals surface area contributed by atoms with Crippen LogP contribution in [0.2, 0.25) is 0 Å². The molecule has 18 heavy (non-hydrogen) atoms. The third-order valence-corrected chi connectivity index (χ3v) is 4.97. The smallest absolute Gasteiger partial charge is 0.408 e. The molecule has 1 aromatic rings. The first-order chi connectivity index (χ1) is 8.83. The van der Waals surface area contributed by atoms with E-state index in [1.165, 1.54) is 32.1 Å². The number of cyclic esters (lactones) is 1. The van der Waals surface area contributed by atoms with Crippen molar-refractivity contribution in [2.75, 3.05) is 0 Å². The van der Waals surface area contributed by atoms with Gasteiger partial charge in [-0.3, -0.25) is 0 Å². The molecule has 3 rings (SSSR count). The van der Waals surface area contributed by atoms with Crippen LogP contribution < -0.4 is 5.32 Å². The van der Waals surface area contributed by atoms with Crippen molar-refractivity contribution in [3.05, 3.63) is 22.4 Å². The minimum atomic E-state index is -0.255. The van der Waals surface area contributed by atoms with E-state index in [0.29, 0.717) is 0 Å². The van der Waals surface area contributed by atoms with Gasteiger partial charge in [0.1, 0.15) is 0 Å². The molecule has 2 aliphatic rings. The van der Waals surface area contributed by atoms with Gasteiger partial charge in [-0.15, -0.1) is 11.3 Å². The van der Waals surface area contributed by atoms with Crippen LogP contribution in [-0.2, 0) is 4.74 Å². The number of alkyl carbamates (subject to hydrolysis) is 1. The van der Waals surface area contributed by atoms with Crippen molar-refractivity contribution in [1.29, 1.82) is 0 Å². The van der Waals surface area contributed by atoms with Crippen LogP contribution in [0.15, 0.2) is 17.5 Å². The van der Waals surface area contributed by atoms with E-state index in [1.54, 1.807) is 11.3 Å². The highest BCUT2D eigenvalue weighted by molar-refractivity contribution is 7.10. The lowest BCUT2D eigenvalue weighted by atomic mass is 9.84. The molecule has 0 spiro atoms. The Labute approximate surface area is 112 Å². The van der Waals surface area contributed by atoms with E-state index in [-0.39, 0.29) is 18.2 Å². The first-order valence-corrected chi connectivity index (χ1v) is 7.71. The molecule has 2 heterocycles. The fourth-order valence-electron chi connectivity index (χ4n) is 3.13. The Balaban J connectivity index is 1.67. The predicted molar refractivity (Wildman–Crippen MR) is 71.7 cm³/mol. The third-order valence-electron chi connectivity index (χ3n) is 4.04. The SMILES string of the molecule is O=C1N[C@@H](CC2CCCCC2)C(c2cccs2)O1. The van der Waals surface area contributed by atoms with Gasteiger partial charge in [0.25, 0.3) is 0 Å². The summed E-state index contributed by atoms with van der Waals surface area (Å²) < 4.78 is 5.42. The second-order valence-electron chi connectivity index (χ2n) is 5.33. The summed E-state index contributed by atoms with van der Waals surface area (Å²) in [5, 5.41) is 5.03. The second kappa shape index (κ2) is 5.31.